The number of aromatic nitrogens is 4. The molecule has 0 unspecified atom stereocenters. The van der Waals surface area contributed by atoms with Gasteiger partial charge < -0.3 is 9.97 Å². The van der Waals surface area contributed by atoms with E-state index in [4.69, 9.17) is 0 Å². The fourth-order valence-corrected chi connectivity index (χ4v) is 1.67. The third-order valence-corrected chi connectivity index (χ3v) is 2.71. The normalized spacial score (nSPS) is 9.89. The van der Waals surface area contributed by atoms with Gasteiger partial charge in [0.05, 0.1) is 0 Å². The molecule has 100 valence electrons. The van der Waals surface area contributed by atoms with Crippen LogP contribution < -0.4 is 0 Å². The lowest BCUT2D eigenvalue weighted by molar-refractivity contribution is 0.624. The number of hydrogen-bond donors (Lipinski definition) is 2. The standard InChI is InChI=1S/C10H18N2.C4H6N2/c1-2-3-4-5-6-7-10-11-8-9-12-10;1-4-5-2-3-6-4/h8-9H,2-7H2,1H3,(H,11,12);2-3H,1H3,(H,5,6). The number of unbranched alkanes of at least 4 members (excludes halogenated alkanes) is 4. The zero-order valence-electron chi connectivity index (χ0n) is 11.4. The van der Waals surface area contributed by atoms with E-state index in [-0.39, 0.29) is 0 Å². The molecule has 4 heteroatoms. The Morgan fingerprint density at radius 2 is 1.67 bits per heavy atom. The van der Waals surface area contributed by atoms with E-state index in [9.17, 15) is 0 Å². The van der Waals surface area contributed by atoms with Crippen molar-refractivity contribution in [2.45, 2.75) is 52.4 Å². The Kier molecular flexibility index (Phi) is 7.60. The molecule has 0 aliphatic rings. The van der Waals surface area contributed by atoms with E-state index in [1.165, 1.54) is 32.1 Å². The molecular formula is C14H24N4. The van der Waals surface area contributed by atoms with Crippen molar-refractivity contribution in [3.8, 4) is 0 Å². The molecule has 0 amide bonds. The van der Waals surface area contributed by atoms with Crippen LogP contribution in [0.5, 0.6) is 0 Å². The molecule has 18 heavy (non-hydrogen) atoms. The van der Waals surface area contributed by atoms with Crippen molar-refractivity contribution in [2.75, 3.05) is 0 Å². The molecule has 0 aliphatic carbocycles. The maximum absolute atomic E-state index is 4.18. The molecule has 2 aromatic rings. The first-order valence-corrected chi connectivity index (χ1v) is 6.77. The van der Waals surface area contributed by atoms with Crippen molar-refractivity contribution in [3.05, 3.63) is 36.4 Å². The summed E-state index contributed by atoms with van der Waals surface area (Å²) in [5.74, 6) is 2.10. The molecule has 0 saturated carbocycles. The molecular weight excluding hydrogens is 224 g/mol. The minimum atomic E-state index is 0.968. The van der Waals surface area contributed by atoms with Gasteiger partial charge in [-0.15, -0.1) is 0 Å². The SMILES string of the molecule is CCCCCCCc1ncc[nH]1.Cc1ncc[nH]1. The first-order chi connectivity index (χ1) is 8.83. The van der Waals surface area contributed by atoms with Gasteiger partial charge in [0.15, 0.2) is 0 Å². The molecule has 0 bridgehead atoms. The van der Waals surface area contributed by atoms with Crippen molar-refractivity contribution in [1.82, 2.24) is 19.9 Å². The number of imidazole rings is 2. The molecule has 2 aromatic heterocycles. The lowest BCUT2D eigenvalue weighted by Gasteiger charge is -1.97. The molecule has 0 spiro atoms. The van der Waals surface area contributed by atoms with Crippen LogP contribution in [-0.4, -0.2) is 19.9 Å². The number of aromatic amines is 2. The molecule has 0 atom stereocenters. The number of nitrogens with one attached hydrogen (secondary N) is 2. The largest absolute Gasteiger partial charge is 0.349 e. The van der Waals surface area contributed by atoms with Gasteiger partial charge in [0, 0.05) is 31.2 Å². The number of rotatable bonds is 6. The second-order valence-electron chi connectivity index (χ2n) is 4.37. The summed E-state index contributed by atoms with van der Waals surface area (Å²) in [4.78, 5) is 14.0. The van der Waals surface area contributed by atoms with E-state index in [2.05, 4.69) is 26.9 Å². The summed E-state index contributed by atoms with van der Waals surface area (Å²) in [7, 11) is 0. The molecule has 4 nitrogen and oxygen atoms in total. The summed E-state index contributed by atoms with van der Waals surface area (Å²) in [6.07, 6.45) is 15.0. The predicted octanol–water partition coefficient (Wildman–Crippen LogP) is 3.64. The van der Waals surface area contributed by atoms with Gasteiger partial charge in [-0.1, -0.05) is 32.6 Å². The molecule has 0 radical (unpaired) electrons. The maximum atomic E-state index is 4.18. The third-order valence-electron chi connectivity index (χ3n) is 2.71. The molecule has 2 rings (SSSR count). The summed E-state index contributed by atoms with van der Waals surface area (Å²) in [6, 6.07) is 0. The summed E-state index contributed by atoms with van der Waals surface area (Å²) in [6.45, 7) is 4.16. The summed E-state index contributed by atoms with van der Waals surface area (Å²) >= 11 is 0. The second kappa shape index (κ2) is 9.45. The topological polar surface area (TPSA) is 57.4 Å². The van der Waals surface area contributed by atoms with Gasteiger partial charge in [-0.25, -0.2) is 9.97 Å². The first-order valence-electron chi connectivity index (χ1n) is 6.77. The molecule has 0 aromatic carbocycles. The quantitative estimate of drug-likeness (QED) is 0.767. The van der Waals surface area contributed by atoms with E-state index in [1.54, 1.807) is 12.4 Å². The van der Waals surface area contributed by atoms with E-state index in [0.29, 0.717) is 0 Å². The number of aryl methyl sites for hydroxylation is 2. The van der Waals surface area contributed by atoms with Gasteiger partial charge >= 0.3 is 0 Å². The Labute approximate surface area is 109 Å². The van der Waals surface area contributed by atoms with Crippen LogP contribution in [0.1, 0.15) is 50.7 Å². The van der Waals surface area contributed by atoms with Crippen molar-refractivity contribution in [1.29, 1.82) is 0 Å². The second-order valence-corrected chi connectivity index (χ2v) is 4.37. The lowest BCUT2D eigenvalue weighted by Crippen LogP contribution is -1.87. The molecule has 2 N–H and O–H groups in total. The number of hydrogen-bond acceptors (Lipinski definition) is 2. The number of nitrogens with zero attached hydrogens (tertiary/aromatic N) is 2. The van der Waals surface area contributed by atoms with Gasteiger partial charge in [-0.3, -0.25) is 0 Å². The highest BCUT2D eigenvalue weighted by molar-refractivity contribution is 4.86. The van der Waals surface area contributed by atoms with Gasteiger partial charge in [-0.05, 0) is 13.3 Å². The van der Waals surface area contributed by atoms with Crippen LogP contribution in [0.15, 0.2) is 24.8 Å². The zero-order chi connectivity index (χ0) is 13.1. The van der Waals surface area contributed by atoms with Crippen molar-refractivity contribution < 1.29 is 0 Å². The van der Waals surface area contributed by atoms with E-state index in [1.807, 2.05) is 19.3 Å². The average molecular weight is 248 g/mol. The Hall–Kier alpha value is -1.58. The fourth-order valence-electron chi connectivity index (χ4n) is 1.67. The Balaban J connectivity index is 0.000000225. The van der Waals surface area contributed by atoms with Crippen LogP contribution in [0.25, 0.3) is 0 Å². The third kappa shape index (κ3) is 6.89. The highest BCUT2D eigenvalue weighted by Gasteiger charge is 1.93. The minimum absolute atomic E-state index is 0.968. The highest BCUT2D eigenvalue weighted by Crippen LogP contribution is 2.05. The molecule has 0 aliphatic heterocycles. The van der Waals surface area contributed by atoms with Gasteiger partial charge in [0.2, 0.25) is 0 Å². The zero-order valence-corrected chi connectivity index (χ0v) is 11.4. The van der Waals surface area contributed by atoms with Crippen LogP contribution in [0.4, 0.5) is 0 Å². The lowest BCUT2D eigenvalue weighted by atomic mass is 10.1. The summed E-state index contributed by atoms with van der Waals surface area (Å²) < 4.78 is 0. The fraction of sp³-hybridized carbons (Fsp3) is 0.571. The van der Waals surface area contributed by atoms with E-state index in [0.717, 1.165) is 18.1 Å². The van der Waals surface area contributed by atoms with Crippen molar-refractivity contribution >= 4 is 0 Å². The maximum Gasteiger partial charge on any atom is 0.105 e. The molecule has 2 heterocycles. The van der Waals surface area contributed by atoms with Gasteiger partial charge in [0.25, 0.3) is 0 Å². The number of H-pyrrole nitrogens is 2. The smallest absolute Gasteiger partial charge is 0.105 e. The Morgan fingerprint density at radius 3 is 2.17 bits per heavy atom. The van der Waals surface area contributed by atoms with Crippen LogP contribution >= 0.6 is 0 Å². The van der Waals surface area contributed by atoms with Crippen LogP contribution in [0, 0.1) is 6.92 Å². The van der Waals surface area contributed by atoms with E-state index >= 15 is 0 Å². The van der Waals surface area contributed by atoms with Crippen LogP contribution in [0.2, 0.25) is 0 Å². The summed E-state index contributed by atoms with van der Waals surface area (Å²) in [5.41, 5.74) is 0. The Morgan fingerprint density at radius 1 is 0.944 bits per heavy atom. The average Bonchev–Trinajstić information content (AvgIpc) is 3.03. The van der Waals surface area contributed by atoms with E-state index < -0.39 is 0 Å². The van der Waals surface area contributed by atoms with Crippen molar-refractivity contribution in [3.63, 3.8) is 0 Å². The monoisotopic (exact) mass is 248 g/mol. The van der Waals surface area contributed by atoms with Crippen LogP contribution in [-0.2, 0) is 6.42 Å². The molecule has 0 saturated heterocycles. The van der Waals surface area contributed by atoms with Crippen molar-refractivity contribution in [2.24, 2.45) is 0 Å². The predicted molar refractivity (Wildman–Crippen MR) is 74.4 cm³/mol. The van der Waals surface area contributed by atoms with Crippen LogP contribution in [0.3, 0.4) is 0 Å². The van der Waals surface area contributed by atoms with Gasteiger partial charge in [0.1, 0.15) is 11.6 Å². The summed E-state index contributed by atoms with van der Waals surface area (Å²) in [5, 5.41) is 0. The Bertz CT molecular complexity index is 364. The molecule has 0 fully saturated rings. The highest BCUT2D eigenvalue weighted by atomic mass is 14.9. The minimum Gasteiger partial charge on any atom is -0.349 e. The van der Waals surface area contributed by atoms with Gasteiger partial charge in [-0.2, -0.15) is 0 Å². The first kappa shape index (κ1) is 14.5.